The molecule has 0 atom stereocenters. The summed E-state index contributed by atoms with van der Waals surface area (Å²) in [5.41, 5.74) is 2.52. The van der Waals surface area contributed by atoms with E-state index in [-0.39, 0.29) is 11.7 Å². The Balaban J connectivity index is 2.46. The van der Waals surface area contributed by atoms with Crippen molar-refractivity contribution in [3.63, 3.8) is 0 Å². The Bertz CT molecular complexity index is 461. The molecule has 0 N–H and O–H groups in total. The van der Waals surface area contributed by atoms with Crippen LogP contribution in [0.4, 0.5) is 5.69 Å². The highest BCUT2D eigenvalue weighted by Crippen LogP contribution is 2.29. The van der Waals surface area contributed by atoms with E-state index in [0.29, 0.717) is 12.1 Å². The van der Waals surface area contributed by atoms with Crippen LogP contribution in [0.1, 0.15) is 19.4 Å². The molecule has 0 aromatic heterocycles. The van der Waals surface area contributed by atoms with Gasteiger partial charge in [-0.15, -0.1) is 0 Å². The molecule has 1 aromatic rings. The largest absolute Gasteiger partial charge is 0.497 e. The van der Waals surface area contributed by atoms with Crippen LogP contribution in [-0.4, -0.2) is 18.6 Å². The molecule has 3 nitrogen and oxygen atoms in total. The van der Waals surface area contributed by atoms with E-state index in [9.17, 15) is 4.79 Å². The molecule has 0 radical (unpaired) electrons. The van der Waals surface area contributed by atoms with E-state index in [4.69, 9.17) is 4.74 Å². The summed E-state index contributed by atoms with van der Waals surface area (Å²) in [6, 6.07) is 5.66. The van der Waals surface area contributed by atoms with E-state index in [1.165, 1.54) is 0 Å². The lowest BCUT2D eigenvalue weighted by Crippen LogP contribution is -2.24. The lowest BCUT2D eigenvalue weighted by molar-refractivity contribution is -0.112. The van der Waals surface area contributed by atoms with Crippen molar-refractivity contribution >= 4 is 17.2 Å². The van der Waals surface area contributed by atoms with Crippen LogP contribution >= 0.6 is 0 Å². The molecule has 0 aliphatic carbocycles. The highest BCUT2D eigenvalue weighted by atomic mass is 16.5. The summed E-state index contributed by atoms with van der Waals surface area (Å²) in [5.74, 6) is 1.08. The smallest absolute Gasteiger partial charge is 0.181 e. The second-order valence-corrected chi connectivity index (χ2v) is 4.25. The number of methoxy groups -OCH3 is 1. The summed E-state index contributed by atoms with van der Waals surface area (Å²) in [7, 11) is 1.62. The van der Waals surface area contributed by atoms with Gasteiger partial charge in [0.15, 0.2) is 5.78 Å². The molecule has 0 spiro atoms. The van der Waals surface area contributed by atoms with Crippen molar-refractivity contribution in [3.05, 3.63) is 23.8 Å². The first-order valence-electron chi connectivity index (χ1n) is 5.40. The molecule has 0 unspecified atom stereocenters. The minimum atomic E-state index is 0.121. The summed E-state index contributed by atoms with van der Waals surface area (Å²) in [5, 5.41) is 0. The molecule has 0 saturated carbocycles. The number of ketones is 1. The molecule has 1 aromatic carbocycles. The maximum absolute atomic E-state index is 11.8. The van der Waals surface area contributed by atoms with Crippen molar-refractivity contribution in [3.8, 4) is 5.75 Å². The second kappa shape index (κ2) is 4.08. The average Bonchev–Trinajstić information content (AvgIpc) is 2.27. The van der Waals surface area contributed by atoms with Crippen LogP contribution in [0.5, 0.6) is 5.75 Å². The molecule has 0 saturated heterocycles. The number of rotatable bonds is 2. The van der Waals surface area contributed by atoms with Crippen molar-refractivity contribution in [2.45, 2.75) is 20.3 Å². The zero-order chi connectivity index (χ0) is 11.7. The fourth-order valence-corrected chi connectivity index (χ4v) is 1.85. The number of aliphatic imine (C=N–C) groups is 1. The number of benzene rings is 1. The van der Waals surface area contributed by atoms with Crippen molar-refractivity contribution in [2.75, 3.05) is 7.11 Å². The molecule has 3 heteroatoms. The van der Waals surface area contributed by atoms with Gasteiger partial charge in [0, 0.05) is 6.42 Å². The Labute approximate surface area is 95.2 Å². The van der Waals surface area contributed by atoms with Gasteiger partial charge >= 0.3 is 0 Å². The predicted octanol–water partition coefficient (Wildman–Crippen LogP) is 2.55. The highest BCUT2D eigenvalue weighted by molar-refractivity contribution is 6.42. The number of fused-ring (bicyclic) bond motifs is 1. The zero-order valence-corrected chi connectivity index (χ0v) is 9.78. The fraction of sp³-hybridized carbons (Fsp3) is 0.385. The molecule has 16 heavy (non-hydrogen) atoms. The fourth-order valence-electron chi connectivity index (χ4n) is 1.85. The van der Waals surface area contributed by atoms with Gasteiger partial charge in [-0.3, -0.25) is 4.79 Å². The van der Waals surface area contributed by atoms with Gasteiger partial charge < -0.3 is 4.74 Å². The van der Waals surface area contributed by atoms with Crippen LogP contribution in [0.15, 0.2) is 23.2 Å². The summed E-state index contributed by atoms with van der Waals surface area (Å²) < 4.78 is 5.13. The van der Waals surface area contributed by atoms with Crippen LogP contribution in [0, 0.1) is 5.92 Å². The Kier molecular flexibility index (Phi) is 2.77. The molecule has 1 aliphatic heterocycles. The maximum atomic E-state index is 11.8. The van der Waals surface area contributed by atoms with Crippen LogP contribution in [0.2, 0.25) is 0 Å². The minimum Gasteiger partial charge on any atom is -0.497 e. The third-order valence-electron chi connectivity index (χ3n) is 2.71. The maximum Gasteiger partial charge on any atom is 0.181 e. The van der Waals surface area contributed by atoms with Crippen LogP contribution in [0.3, 0.4) is 0 Å². The van der Waals surface area contributed by atoms with Crippen LogP contribution < -0.4 is 4.74 Å². The lowest BCUT2D eigenvalue weighted by Gasteiger charge is -2.17. The summed E-state index contributed by atoms with van der Waals surface area (Å²) >= 11 is 0. The van der Waals surface area contributed by atoms with Gasteiger partial charge in [0.25, 0.3) is 0 Å². The standard InChI is InChI=1S/C13H15NO2/c1-8(2)13-12(15)7-9-6-10(16-3)4-5-11(9)14-13/h4-6,8H,7H2,1-3H3. The Morgan fingerprint density at radius 1 is 1.38 bits per heavy atom. The van der Waals surface area contributed by atoms with Gasteiger partial charge in [-0.25, -0.2) is 4.99 Å². The topological polar surface area (TPSA) is 38.7 Å². The quantitative estimate of drug-likeness (QED) is 0.763. The highest BCUT2D eigenvalue weighted by Gasteiger charge is 2.22. The molecule has 84 valence electrons. The number of carbonyl (C=O) groups is 1. The molecular formula is C13H15NO2. The van der Waals surface area contributed by atoms with Gasteiger partial charge in [0.1, 0.15) is 5.75 Å². The van der Waals surface area contributed by atoms with Crippen LogP contribution in [0.25, 0.3) is 0 Å². The Morgan fingerprint density at radius 2 is 2.12 bits per heavy atom. The van der Waals surface area contributed by atoms with Gasteiger partial charge in [-0.05, 0) is 29.7 Å². The van der Waals surface area contributed by atoms with Crippen molar-refractivity contribution in [1.29, 1.82) is 0 Å². The number of hydrogen-bond acceptors (Lipinski definition) is 3. The third-order valence-corrected chi connectivity index (χ3v) is 2.71. The lowest BCUT2D eigenvalue weighted by atomic mass is 9.94. The van der Waals surface area contributed by atoms with E-state index < -0.39 is 0 Å². The number of nitrogens with zero attached hydrogens (tertiary/aromatic N) is 1. The van der Waals surface area contributed by atoms with Crippen molar-refractivity contribution < 1.29 is 9.53 Å². The van der Waals surface area contributed by atoms with Gasteiger partial charge in [-0.2, -0.15) is 0 Å². The molecule has 1 heterocycles. The molecule has 2 rings (SSSR count). The Morgan fingerprint density at radius 3 is 2.75 bits per heavy atom. The van der Waals surface area contributed by atoms with E-state index >= 15 is 0 Å². The van der Waals surface area contributed by atoms with Crippen molar-refractivity contribution in [2.24, 2.45) is 10.9 Å². The van der Waals surface area contributed by atoms with Gasteiger partial charge in [0.05, 0.1) is 18.5 Å². The zero-order valence-electron chi connectivity index (χ0n) is 9.78. The number of hydrogen-bond donors (Lipinski definition) is 0. The first-order chi connectivity index (χ1) is 7.61. The summed E-state index contributed by atoms with van der Waals surface area (Å²) in [6.45, 7) is 3.98. The van der Waals surface area contributed by atoms with Gasteiger partial charge in [0.2, 0.25) is 0 Å². The number of carbonyl (C=O) groups excluding carboxylic acids is 1. The van der Waals surface area contributed by atoms with E-state index in [2.05, 4.69) is 4.99 Å². The summed E-state index contributed by atoms with van der Waals surface area (Å²) in [4.78, 5) is 16.2. The predicted molar refractivity (Wildman–Crippen MR) is 63.6 cm³/mol. The second-order valence-electron chi connectivity index (χ2n) is 4.25. The molecule has 0 bridgehead atoms. The normalized spacial score (nSPS) is 14.8. The summed E-state index contributed by atoms with van der Waals surface area (Å²) in [6.07, 6.45) is 0.434. The van der Waals surface area contributed by atoms with Crippen molar-refractivity contribution in [1.82, 2.24) is 0 Å². The van der Waals surface area contributed by atoms with Gasteiger partial charge in [-0.1, -0.05) is 13.8 Å². The molecular weight excluding hydrogens is 202 g/mol. The van der Waals surface area contributed by atoms with E-state index in [0.717, 1.165) is 17.0 Å². The molecule has 0 amide bonds. The first-order valence-corrected chi connectivity index (χ1v) is 5.40. The minimum absolute atomic E-state index is 0.121. The number of Topliss-reactive ketones (excluding diaryl/α,β-unsaturated/α-hetero) is 1. The molecule has 1 aliphatic rings. The average molecular weight is 217 g/mol. The molecule has 0 fully saturated rings. The van der Waals surface area contributed by atoms with E-state index in [1.54, 1.807) is 7.11 Å². The SMILES string of the molecule is COc1ccc2c(c1)CC(=O)C(C(C)C)=N2. The number of ether oxygens (including phenoxy) is 1. The third kappa shape index (κ3) is 1.85. The Hall–Kier alpha value is -1.64. The van der Waals surface area contributed by atoms with E-state index in [1.807, 2.05) is 32.0 Å². The monoisotopic (exact) mass is 217 g/mol. The first kappa shape index (κ1) is 10.9. The van der Waals surface area contributed by atoms with Crippen LogP contribution in [-0.2, 0) is 11.2 Å².